The molecule has 2 aromatic rings. The van der Waals surface area contributed by atoms with Crippen molar-refractivity contribution >= 4 is 29.4 Å². The van der Waals surface area contributed by atoms with Crippen LogP contribution in [0.2, 0.25) is 5.02 Å². The Morgan fingerprint density at radius 2 is 1.78 bits per heavy atom. The molecule has 0 unspecified atom stereocenters. The second-order valence-corrected chi connectivity index (χ2v) is 6.51. The zero-order valence-electron chi connectivity index (χ0n) is 15.0. The number of aldehydes is 1. The number of hydrogen-bond donors (Lipinski definition) is 0. The Morgan fingerprint density at radius 3 is 2.41 bits per heavy atom. The summed E-state index contributed by atoms with van der Waals surface area (Å²) in [6, 6.07) is 12.5. The zero-order valence-corrected chi connectivity index (χ0v) is 15.7. The van der Waals surface area contributed by atoms with Gasteiger partial charge in [0.25, 0.3) is 0 Å². The first-order valence-corrected chi connectivity index (χ1v) is 8.98. The molecule has 1 aliphatic rings. The van der Waals surface area contributed by atoms with E-state index in [0.29, 0.717) is 42.6 Å². The van der Waals surface area contributed by atoms with E-state index >= 15 is 0 Å². The Bertz CT molecular complexity index is 855. The first kappa shape index (κ1) is 19.1. The molecule has 0 bridgehead atoms. The number of rotatable bonds is 5. The van der Waals surface area contributed by atoms with Crippen LogP contribution in [0.15, 0.2) is 48.5 Å². The van der Waals surface area contributed by atoms with Crippen molar-refractivity contribution in [2.75, 3.05) is 33.4 Å². The number of amides is 1. The number of nitrogens with zero attached hydrogens (tertiary/aromatic N) is 1. The van der Waals surface area contributed by atoms with Crippen molar-refractivity contribution in [2.24, 2.45) is 0 Å². The Kier molecular flexibility index (Phi) is 6.27. The Balaban J connectivity index is 2.04. The smallest absolute Gasteiger partial charge is 0.247 e. The molecule has 0 atom stereocenters. The van der Waals surface area contributed by atoms with Gasteiger partial charge in [-0.3, -0.25) is 9.59 Å². The number of benzene rings is 2. The van der Waals surface area contributed by atoms with Crippen molar-refractivity contribution in [3.8, 4) is 5.75 Å². The van der Waals surface area contributed by atoms with Crippen molar-refractivity contribution in [2.45, 2.75) is 0 Å². The predicted molar refractivity (Wildman–Crippen MR) is 104 cm³/mol. The number of carbonyl (C=O) groups is 2. The highest BCUT2D eigenvalue weighted by Crippen LogP contribution is 2.29. The van der Waals surface area contributed by atoms with Crippen LogP contribution >= 0.6 is 11.6 Å². The summed E-state index contributed by atoms with van der Waals surface area (Å²) in [7, 11) is 1.51. The molecule has 1 saturated heterocycles. The van der Waals surface area contributed by atoms with Crippen LogP contribution in [0, 0.1) is 0 Å². The summed E-state index contributed by atoms with van der Waals surface area (Å²) in [6.07, 6.45) is 2.36. The van der Waals surface area contributed by atoms with E-state index in [0.717, 1.165) is 23.0 Å². The molecule has 0 radical (unpaired) electrons. The van der Waals surface area contributed by atoms with Crippen LogP contribution in [0.4, 0.5) is 0 Å². The first-order chi connectivity index (χ1) is 13.1. The lowest BCUT2D eigenvalue weighted by Crippen LogP contribution is -2.39. The Morgan fingerprint density at radius 1 is 1.11 bits per heavy atom. The molecule has 5 nitrogen and oxygen atoms in total. The van der Waals surface area contributed by atoms with Gasteiger partial charge < -0.3 is 14.4 Å². The van der Waals surface area contributed by atoms with Crippen molar-refractivity contribution in [1.82, 2.24) is 4.90 Å². The lowest BCUT2D eigenvalue weighted by atomic mass is 9.96. The molecule has 0 aliphatic carbocycles. The van der Waals surface area contributed by atoms with E-state index in [1.54, 1.807) is 41.3 Å². The molecule has 0 N–H and O–H groups in total. The van der Waals surface area contributed by atoms with Gasteiger partial charge in [0.2, 0.25) is 5.91 Å². The van der Waals surface area contributed by atoms with Crippen LogP contribution in [0.25, 0.3) is 5.57 Å². The van der Waals surface area contributed by atoms with Crippen molar-refractivity contribution in [3.05, 3.63) is 70.3 Å². The molecule has 3 rings (SSSR count). The predicted octanol–water partition coefficient (Wildman–Crippen LogP) is 3.45. The molecule has 1 heterocycles. The molecular weight excluding hydrogens is 366 g/mol. The second-order valence-electron chi connectivity index (χ2n) is 6.08. The summed E-state index contributed by atoms with van der Waals surface area (Å²) >= 11 is 6.01. The maximum Gasteiger partial charge on any atom is 0.247 e. The van der Waals surface area contributed by atoms with Crippen LogP contribution in [-0.4, -0.2) is 50.5 Å². The maximum atomic E-state index is 12.8. The highest BCUT2D eigenvalue weighted by atomic mass is 35.5. The molecule has 1 fully saturated rings. The topological polar surface area (TPSA) is 55.8 Å². The number of hydrogen-bond acceptors (Lipinski definition) is 4. The average Bonchev–Trinajstić information content (AvgIpc) is 2.72. The minimum absolute atomic E-state index is 0.0818. The quantitative estimate of drug-likeness (QED) is 0.584. The number of morpholine rings is 1. The molecule has 1 aliphatic heterocycles. The summed E-state index contributed by atoms with van der Waals surface area (Å²) in [4.78, 5) is 25.7. The van der Waals surface area contributed by atoms with Crippen LogP contribution in [0.5, 0.6) is 5.75 Å². The first-order valence-electron chi connectivity index (χ1n) is 8.60. The minimum Gasteiger partial charge on any atom is -0.496 e. The van der Waals surface area contributed by atoms with E-state index in [1.807, 2.05) is 12.1 Å². The van der Waals surface area contributed by atoms with Gasteiger partial charge in [0.1, 0.15) is 5.75 Å². The third-order valence-corrected chi connectivity index (χ3v) is 4.67. The number of methoxy groups -OCH3 is 1. The van der Waals surface area contributed by atoms with Gasteiger partial charge in [-0.15, -0.1) is 0 Å². The van der Waals surface area contributed by atoms with E-state index in [-0.39, 0.29) is 5.91 Å². The molecule has 0 saturated carbocycles. The molecule has 1 amide bonds. The van der Waals surface area contributed by atoms with E-state index in [9.17, 15) is 9.59 Å². The molecule has 6 heteroatoms. The summed E-state index contributed by atoms with van der Waals surface area (Å²) < 4.78 is 10.6. The lowest BCUT2D eigenvalue weighted by molar-refractivity contribution is -0.129. The number of halogens is 1. The van der Waals surface area contributed by atoms with Gasteiger partial charge in [-0.2, -0.15) is 0 Å². The molecule has 27 heavy (non-hydrogen) atoms. The summed E-state index contributed by atoms with van der Waals surface area (Å²) in [6.45, 7) is 2.21. The van der Waals surface area contributed by atoms with Crippen LogP contribution in [0.3, 0.4) is 0 Å². The third-order valence-electron chi connectivity index (χ3n) is 4.42. The zero-order chi connectivity index (χ0) is 19.2. The molecular formula is C21H20ClNO4. The Hall–Kier alpha value is -2.63. The largest absolute Gasteiger partial charge is 0.496 e. The van der Waals surface area contributed by atoms with Gasteiger partial charge in [-0.1, -0.05) is 29.8 Å². The van der Waals surface area contributed by atoms with Crippen molar-refractivity contribution in [1.29, 1.82) is 0 Å². The Labute approximate surface area is 163 Å². The fourth-order valence-electron chi connectivity index (χ4n) is 2.94. The maximum absolute atomic E-state index is 12.8. The van der Waals surface area contributed by atoms with Crippen molar-refractivity contribution < 1.29 is 19.1 Å². The standard InChI is InChI=1S/C21H20ClNO4/c1-26-20-12-16(2-3-17(20)14-24)19(15-4-6-18(22)7-5-15)13-21(25)23-8-10-27-11-9-23/h2-7,12-14H,8-11H2,1H3. The van der Waals surface area contributed by atoms with Gasteiger partial charge in [0.15, 0.2) is 6.29 Å². The van der Waals surface area contributed by atoms with Gasteiger partial charge >= 0.3 is 0 Å². The molecule has 140 valence electrons. The monoisotopic (exact) mass is 385 g/mol. The van der Waals surface area contributed by atoms with Gasteiger partial charge in [-0.25, -0.2) is 0 Å². The van der Waals surface area contributed by atoms with E-state index in [4.69, 9.17) is 21.1 Å². The summed E-state index contributed by atoms with van der Waals surface area (Å²) in [5.74, 6) is 0.378. The van der Waals surface area contributed by atoms with Crippen LogP contribution in [-0.2, 0) is 9.53 Å². The normalized spacial score (nSPS) is 14.7. The summed E-state index contributed by atoms with van der Waals surface area (Å²) in [5, 5.41) is 0.617. The van der Waals surface area contributed by atoms with Crippen LogP contribution < -0.4 is 4.74 Å². The van der Waals surface area contributed by atoms with Crippen molar-refractivity contribution in [3.63, 3.8) is 0 Å². The average molecular weight is 386 g/mol. The number of ether oxygens (including phenoxy) is 2. The molecule has 0 spiro atoms. The highest BCUT2D eigenvalue weighted by Gasteiger charge is 2.17. The van der Waals surface area contributed by atoms with Gasteiger partial charge in [0.05, 0.1) is 25.9 Å². The fourth-order valence-corrected chi connectivity index (χ4v) is 3.06. The second kappa shape index (κ2) is 8.84. The van der Waals surface area contributed by atoms with E-state index in [2.05, 4.69) is 0 Å². The third kappa shape index (κ3) is 4.56. The fraction of sp³-hybridized carbons (Fsp3) is 0.238. The summed E-state index contributed by atoms with van der Waals surface area (Å²) in [5.41, 5.74) is 2.82. The molecule has 0 aromatic heterocycles. The van der Waals surface area contributed by atoms with E-state index < -0.39 is 0 Å². The van der Waals surface area contributed by atoms with Gasteiger partial charge in [0, 0.05) is 24.2 Å². The lowest BCUT2D eigenvalue weighted by Gasteiger charge is -2.26. The van der Waals surface area contributed by atoms with Crippen LogP contribution in [0.1, 0.15) is 21.5 Å². The SMILES string of the molecule is COc1cc(C(=CC(=O)N2CCOCC2)c2ccc(Cl)cc2)ccc1C=O. The highest BCUT2D eigenvalue weighted by molar-refractivity contribution is 6.30. The van der Waals surface area contributed by atoms with E-state index in [1.165, 1.54) is 7.11 Å². The number of carbonyl (C=O) groups excluding carboxylic acids is 2. The minimum atomic E-state index is -0.0818. The van der Waals surface area contributed by atoms with Gasteiger partial charge in [-0.05, 0) is 41.0 Å². The molecule has 2 aromatic carbocycles.